The Bertz CT molecular complexity index is 309. The van der Waals surface area contributed by atoms with Gasteiger partial charge in [0.15, 0.2) is 0 Å². The smallest absolute Gasteiger partial charge is 0.315 e. The molecule has 0 aromatic carbocycles. The van der Waals surface area contributed by atoms with Crippen LogP contribution in [0.15, 0.2) is 23.8 Å². The van der Waals surface area contributed by atoms with E-state index in [9.17, 15) is 4.79 Å². The first kappa shape index (κ1) is 16.1. The molecule has 2 amide bonds. The van der Waals surface area contributed by atoms with Crippen molar-refractivity contribution in [1.29, 1.82) is 0 Å². The van der Waals surface area contributed by atoms with Crippen LogP contribution in [0.2, 0.25) is 0 Å². The normalized spacial score (nSPS) is 19.9. The van der Waals surface area contributed by atoms with E-state index in [2.05, 4.69) is 35.8 Å². The highest BCUT2D eigenvalue weighted by Crippen LogP contribution is 2.22. The lowest BCUT2D eigenvalue weighted by Crippen LogP contribution is -2.42. The van der Waals surface area contributed by atoms with Crippen molar-refractivity contribution in [2.45, 2.75) is 39.7 Å². The van der Waals surface area contributed by atoms with Crippen molar-refractivity contribution in [1.82, 2.24) is 10.6 Å². The second kappa shape index (κ2) is 8.23. The van der Waals surface area contributed by atoms with Crippen molar-refractivity contribution in [2.75, 3.05) is 6.54 Å². The van der Waals surface area contributed by atoms with Gasteiger partial charge in [0.2, 0.25) is 0 Å². The highest BCUT2D eigenvalue weighted by atomic mass is 32.1. The number of urea groups is 1. The highest BCUT2D eigenvalue weighted by Gasteiger charge is 2.17. The molecule has 2 N–H and O–H groups in total. The minimum atomic E-state index is -0.0722. The van der Waals surface area contributed by atoms with E-state index in [0.29, 0.717) is 5.92 Å². The van der Waals surface area contributed by atoms with Crippen LogP contribution >= 0.6 is 13.5 Å². The Kier molecular flexibility index (Phi) is 7.79. The third-order valence-electron chi connectivity index (χ3n) is 2.87. The zero-order chi connectivity index (χ0) is 12.0. The second-order valence-corrected chi connectivity index (χ2v) is 4.35. The van der Waals surface area contributed by atoms with Crippen LogP contribution in [0.3, 0.4) is 0 Å². The molecular weight excluding hydrogens is 232 g/mol. The number of carbonyl (C=O) groups excluding carboxylic acids is 1. The minimum absolute atomic E-state index is 0. The summed E-state index contributed by atoms with van der Waals surface area (Å²) in [7, 11) is 0. The lowest BCUT2D eigenvalue weighted by molar-refractivity contribution is 0.238. The molecule has 0 spiro atoms. The first-order valence-electron chi connectivity index (χ1n) is 6.06. The van der Waals surface area contributed by atoms with Gasteiger partial charge in [-0.05, 0) is 31.3 Å². The van der Waals surface area contributed by atoms with Gasteiger partial charge in [0.25, 0.3) is 0 Å². The minimum Gasteiger partial charge on any atom is -0.338 e. The van der Waals surface area contributed by atoms with Crippen LogP contribution < -0.4 is 10.6 Å². The number of carbonyl (C=O) groups is 1. The monoisotopic (exact) mass is 260 g/mol. The van der Waals surface area contributed by atoms with Crippen molar-refractivity contribution >= 4 is 19.5 Å². The summed E-state index contributed by atoms with van der Waals surface area (Å²) in [6.45, 7) is 7.00. The fourth-order valence-electron chi connectivity index (χ4n) is 1.90. The van der Waals surface area contributed by atoms with E-state index in [0.717, 1.165) is 19.4 Å². The molecule has 0 heterocycles. The van der Waals surface area contributed by atoms with Crippen molar-refractivity contribution < 1.29 is 7.65 Å². The number of rotatable bonds is 4. The largest absolute Gasteiger partial charge is 0.338 e. The quantitative estimate of drug-likeness (QED) is 0.800. The predicted molar refractivity (Wildman–Crippen MR) is 81.9 cm³/mol. The van der Waals surface area contributed by atoms with Gasteiger partial charge in [-0.2, -0.15) is 13.5 Å². The molecule has 3 nitrogen and oxygen atoms in total. The fourth-order valence-corrected chi connectivity index (χ4v) is 1.90. The molecule has 0 aliphatic heterocycles. The zero-order valence-electron chi connectivity index (χ0n) is 10.9. The van der Waals surface area contributed by atoms with Crippen molar-refractivity contribution in [2.24, 2.45) is 5.92 Å². The summed E-state index contributed by atoms with van der Waals surface area (Å²) in [6, 6.07) is 0.0359. The van der Waals surface area contributed by atoms with Crippen LogP contribution in [0.25, 0.3) is 0 Å². The lowest BCUT2D eigenvalue weighted by atomic mass is 9.89. The van der Waals surface area contributed by atoms with Gasteiger partial charge in [-0.25, -0.2) is 4.79 Å². The van der Waals surface area contributed by atoms with Gasteiger partial charge in [-0.3, -0.25) is 0 Å². The molecule has 2 atom stereocenters. The second-order valence-electron chi connectivity index (χ2n) is 4.35. The molecule has 0 bridgehead atoms. The summed E-state index contributed by atoms with van der Waals surface area (Å²) >= 11 is 0. The Morgan fingerprint density at radius 3 is 2.94 bits per heavy atom. The number of nitrogens with one attached hydrogen (secondary N) is 2. The molecule has 0 saturated heterocycles. The summed E-state index contributed by atoms with van der Waals surface area (Å²) in [5.41, 5.74) is 1.30. The van der Waals surface area contributed by atoms with Gasteiger partial charge in [0.1, 0.15) is 0 Å². The Labute approximate surface area is 114 Å². The number of allylic oxidation sites excluding steroid dienone is 3. The maximum atomic E-state index is 11.5. The van der Waals surface area contributed by atoms with Gasteiger partial charge in [0.05, 0.1) is 0 Å². The fraction of sp³-hybridized carbons (Fsp3) is 0.615. The van der Waals surface area contributed by atoms with Crippen LogP contribution in [0.4, 0.5) is 4.79 Å². The van der Waals surface area contributed by atoms with E-state index < -0.39 is 0 Å². The van der Waals surface area contributed by atoms with Crippen LogP contribution in [-0.2, 0) is 0 Å². The van der Waals surface area contributed by atoms with Crippen molar-refractivity contribution in [3.63, 3.8) is 0 Å². The zero-order valence-corrected chi connectivity index (χ0v) is 11.9. The molecule has 0 aromatic heterocycles. The molecule has 0 saturated carbocycles. The summed E-state index contributed by atoms with van der Waals surface area (Å²) in [4.78, 5) is 11.5. The SMILES string of the molecule is CCCNC(=O)NC(C)C1=CC=CCC1C.S.[HH].[HH]. The maximum absolute atomic E-state index is 11.5. The van der Waals surface area contributed by atoms with Crippen LogP contribution in [-0.4, -0.2) is 18.6 Å². The van der Waals surface area contributed by atoms with Gasteiger partial charge in [-0.15, -0.1) is 0 Å². The Morgan fingerprint density at radius 2 is 2.35 bits per heavy atom. The molecule has 1 rings (SSSR count). The van der Waals surface area contributed by atoms with E-state index >= 15 is 0 Å². The molecule has 102 valence electrons. The van der Waals surface area contributed by atoms with Gasteiger partial charge < -0.3 is 10.6 Å². The van der Waals surface area contributed by atoms with Gasteiger partial charge in [-0.1, -0.05) is 32.1 Å². The summed E-state index contributed by atoms with van der Waals surface area (Å²) < 4.78 is 0. The highest BCUT2D eigenvalue weighted by molar-refractivity contribution is 7.59. The third kappa shape index (κ3) is 5.31. The molecule has 17 heavy (non-hydrogen) atoms. The first-order valence-corrected chi connectivity index (χ1v) is 6.06. The average molecular weight is 260 g/mol. The number of hydrogen-bond donors (Lipinski definition) is 2. The lowest BCUT2D eigenvalue weighted by Gasteiger charge is -2.24. The van der Waals surface area contributed by atoms with Crippen molar-refractivity contribution in [3.05, 3.63) is 23.8 Å². The predicted octanol–water partition coefficient (Wildman–Crippen LogP) is 3.21. The van der Waals surface area contributed by atoms with Crippen LogP contribution in [0, 0.1) is 5.92 Å². The average Bonchev–Trinajstić information content (AvgIpc) is 2.26. The Morgan fingerprint density at radius 1 is 1.65 bits per heavy atom. The molecule has 1 aliphatic carbocycles. The molecule has 2 unspecified atom stereocenters. The Hall–Kier alpha value is -0.900. The Balaban J connectivity index is -0.000000853. The standard InChI is InChI=1S/C13H22N2O.H2S.2H2/c1-4-9-14-13(16)15-11(3)12-8-6-5-7-10(12)2;;;/h5-6,8,10-11H,4,7,9H2,1-3H3,(H2,14,15,16);1H2;2*1H. The molecule has 0 fully saturated rings. The van der Waals surface area contributed by atoms with E-state index in [-0.39, 0.29) is 28.4 Å². The van der Waals surface area contributed by atoms with Gasteiger partial charge >= 0.3 is 6.03 Å². The number of hydrogen-bond acceptors (Lipinski definition) is 1. The van der Waals surface area contributed by atoms with Crippen LogP contribution in [0.5, 0.6) is 0 Å². The molecule has 0 radical (unpaired) electrons. The third-order valence-corrected chi connectivity index (χ3v) is 2.87. The van der Waals surface area contributed by atoms with Gasteiger partial charge in [0, 0.05) is 15.4 Å². The summed E-state index contributed by atoms with van der Waals surface area (Å²) in [5.74, 6) is 0.520. The molecular formula is C13H28N2OS. The van der Waals surface area contributed by atoms with E-state index in [1.54, 1.807) is 0 Å². The number of amides is 2. The van der Waals surface area contributed by atoms with Crippen LogP contribution in [0.1, 0.15) is 36.5 Å². The molecule has 4 heteroatoms. The topological polar surface area (TPSA) is 41.1 Å². The first-order chi connectivity index (χ1) is 7.65. The molecule has 1 aliphatic rings. The van der Waals surface area contributed by atoms with Crippen molar-refractivity contribution in [3.8, 4) is 0 Å². The van der Waals surface area contributed by atoms with E-state index in [1.165, 1.54) is 5.57 Å². The maximum Gasteiger partial charge on any atom is 0.315 e. The molecule has 0 aromatic rings. The van der Waals surface area contributed by atoms with E-state index in [1.807, 2.05) is 13.8 Å². The summed E-state index contributed by atoms with van der Waals surface area (Å²) in [6.07, 6.45) is 8.37. The van der Waals surface area contributed by atoms with E-state index in [4.69, 9.17) is 0 Å². The summed E-state index contributed by atoms with van der Waals surface area (Å²) in [5, 5.41) is 5.78.